The molecule has 5 aromatic carbocycles. The highest BCUT2D eigenvalue weighted by molar-refractivity contribution is 6.08. The second-order valence-electron chi connectivity index (χ2n) is 11.0. The maximum Gasteiger partial charge on any atom is 0.145 e. The van der Waals surface area contributed by atoms with Crippen molar-refractivity contribution in [2.24, 2.45) is 0 Å². The maximum atomic E-state index is 4.82. The number of nitrogens with one attached hydrogen (secondary N) is 1. The van der Waals surface area contributed by atoms with Crippen LogP contribution in [0, 0.1) is 0 Å². The van der Waals surface area contributed by atoms with Crippen LogP contribution in [0.5, 0.6) is 0 Å². The highest BCUT2D eigenvalue weighted by Gasteiger charge is 2.14. The number of nitrogens with zero attached hydrogens (tertiary/aromatic N) is 3. The Morgan fingerprint density at radius 1 is 0.419 bits per heavy atom. The minimum atomic E-state index is 0.958. The number of hydrogen-bond acceptors (Lipinski definition) is 1. The van der Waals surface area contributed by atoms with Crippen molar-refractivity contribution in [1.82, 2.24) is 19.1 Å². The van der Waals surface area contributed by atoms with Crippen molar-refractivity contribution in [1.29, 1.82) is 0 Å². The number of para-hydroxylation sites is 3. The predicted molar refractivity (Wildman–Crippen MR) is 180 cm³/mol. The first-order chi connectivity index (χ1) is 21.3. The van der Waals surface area contributed by atoms with E-state index in [2.05, 4.69) is 154 Å². The van der Waals surface area contributed by atoms with Crippen molar-refractivity contribution in [3.8, 4) is 11.4 Å². The summed E-state index contributed by atoms with van der Waals surface area (Å²) in [6.07, 6.45) is 1.87. The lowest BCUT2D eigenvalue weighted by molar-refractivity contribution is 1.11. The molecule has 0 atom stereocenters. The number of H-pyrrole nitrogens is 1. The number of aromatic nitrogens is 4. The molecule has 0 fully saturated rings. The Labute approximate surface area is 247 Å². The van der Waals surface area contributed by atoms with E-state index in [9.17, 15) is 0 Å². The summed E-state index contributed by atoms with van der Waals surface area (Å²) in [6, 6.07) is 52.0. The van der Waals surface area contributed by atoms with Crippen LogP contribution in [0.3, 0.4) is 0 Å². The van der Waals surface area contributed by atoms with E-state index in [0.717, 1.165) is 60.8 Å². The highest BCUT2D eigenvalue weighted by atomic mass is 15.1. The van der Waals surface area contributed by atoms with Gasteiger partial charge in [0.2, 0.25) is 0 Å². The zero-order valence-corrected chi connectivity index (χ0v) is 23.3. The van der Waals surface area contributed by atoms with Crippen molar-refractivity contribution in [2.45, 2.75) is 0 Å². The van der Waals surface area contributed by atoms with E-state index < -0.39 is 0 Å². The zero-order valence-electron chi connectivity index (χ0n) is 23.3. The number of benzene rings is 5. The van der Waals surface area contributed by atoms with Gasteiger partial charge in [-0.3, -0.25) is 4.57 Å². The molecular formula is C39H26N4. The summed E-state index contributed by atoms with van der Waals surface area (Å²) in [5.41, 5.74) is 8.71. The highest BCUT2D eigenvalue weighted by Crippen LogP contribution is 2.33. The average molecular weight is 551 g/mol. The molecule has 0 saturated heterocycles. The molecule has 0 spiro atoms. The monoisotopic (exact) mass is 550 g/mol. The van der Waals surface area contributed by atoms with E-state index in [-0.39, 0.29) is 0 Å². The molecule has 4 heteroatoms. The van der Waals surface area contributed by atoms with E-state index in [1.54, 1.807) is 0 Å². The molecule has 9 rings (SSSR count). The fraction of sp³-hybridized carbons (Fsp3) is 0. The maximum absolute atomic E-state index is 4.82. The van der Waals surface area contributed by atoms with Gasteiger partial charge in [-0.15, -0.1) is 0 Å². The van der Waals surface area contributed by atoms with Crippen molar-refractivity contribution < 1.29 is 0 Å². The van der Waals surface area contributed by atoms with Crippen LogP contribution in [0.2, 0.25) is 0 Å². The number of aromatic amines is 1. The molecule has 4 nitrogen and oxygen atoms in total. The summed E-state index contributed by atoms with van der Waals surface area (Å²) in [4.78, 5) is 8.54. The largest absolute Gasteiger partial charge is 0.354 e. The number of rotatable bonds is 2. The third-order valence-electron chi connectivity index (χ3n) is 8.51. The average Bonchev–Trinajstić information content (AvgIpc) is 3.16. The van der Waals surface area contributed by atoms with Crippen molar-refractivity contribution in [3.05, 3.63) is 152 Å². The molecule has 9 aromatic rings. The molecule has 43 heavy (non-hydrogen) atoms. The molecule has 0 aliphatic heterocycles. The van der Waals surface area contributed by atoms with Crippen molar-refractivity contribution in [2.75, 3.05) is 0 Å². The molecule has 0 radical (unpaired) electrons. The molecule has 1 N–H and O–H groups in total. The lowest BCUT2D eigenvalue weighted by Gasteiger charge is -2.15. The van der Waals surface area contributed by atoms with E-state index in [1.807, 2.05) is 12.3 Å². The van der Waals surface area contributed by atoms with Crippen LogP contribution in [-0.2, 0) is 0 Å². The van der Waals surface area contributed by atoms with Crippen LogP contribution in [0.4, 0.5) is 0 Å². The number of hydrogen-bond donors (Lipinski definition) is 1. The fourth-order valence-corrected chi connectivity index (χ4v) is 6.52. The molecule has 4 aromatic heterocycles. The van der Waals surface area contributed by atoms with Gasteiger partial charge in [0.05, 0.1) is 16.6 Å². The SMILES string of the molecule is c1cc(-n2c3ccccc3ccc3cc4ccc5ccccc5[nH]c4cc32)cc(-n2c3ccccc3c3cccnc32)c1. The Morgan fingerprint density at radius 2 is 1.12 bits per heavy atom. The third kappa shape index (κ3) is 3.74. The molecule has 0 bridgehead atoms. The lowest BCUT2D eigenvalue weighted by atomic mass is 10.1. The molecule has 4 heterocycles. The molecule has 0 saturated carbocycles. The quantitative estimate of drug-likeness (QED) is 0.228. The van der Waals surface area contributed by atoms with Gasteiger partial charge in [0.1, 0.15) is 5.65 Å². The minimum Gasteiger partial charge on any atom is -0.354 e. The van der Waals surface area contributed by atoms with Crippen LogP contribution in [0.25, 0.3) is 76.9 Å². The Morgan fingerprint density at radius 3 is 2.05 bits per heavy atom. The predicted octanol–water partition coefficient (Wildman–Crippen LogP) is 10.0. The van der Waals surface area contributed by atoms with Gasteiger partial charge in [-0.25, -0.2) is 4.98 Å². The van der Waals surface area contributed by atoms with E-state index in [0.29, 0.717) is 0 Å². The fourth-order valence-electron chi connectivity index (χ4n) is 6.52. The van der Waals surface area contributed by atoms with Gasteiger partial charge in [0.25, 0.3) is 0 Å². The third-order valence-corrected chi connectivity index (χ3v) is 8.51. The van der Waals surface area contributed by atoms with Crippen LogP contribution in [-0.4, -0.2) is 19.1 Å². The molecular weight excluding hydrogens is 524 g/mol. The van der Waals surface area contributed by atoms with Crippen LogP contribution < -0.4 is 0 Å². The van der Waals surface area contributed by atoms with Gasteiger partial charge in [-0.05, 0) is 82.2 Å². The van der Waals surface area contributed by atoms with Crippen LogP contribution in [0.1, 0.15) is 0 Å². The Kier molecular flexibility index (Phi) is 5.16. The van der Waals surface area contributed by atoms with E-state index in [1.165, 1.54) is 16.2 Å². The standard InChI is InChI=1S/C39H26N4/c1-4-15-34-26(9-1)18-20-28-23-29-21-19-27-10-2-5-16-36(27)42(38(29)25-35(28)41-34)30-11-7-12-31(24-30)43-37-17-6-3-13-32(37)33-14-8-22-40-39(33)43/h1-25,41H. The molecule has 0 aliphatic rings. The summed E-state index contributed by atoms with van der Waals surface area (Å²) in [7, 11) is 0. The zero-order chi connectivity index (χ0) is 28.3. The normalized spacial score (nSPS) is 11.7. The Hall–Kier alpha value is -5.87. The van der Waals surface area contributed by atoms with Gasteiger partial charge < -0.3 is 9.55 Å². The molecule has 0 unspecified atom stereocenters. The summed E-state index contributed by atoms with van der Waals surface area (Å²) in [5.74, 6) is 0. The van der Waals surface area contributed by atoms with Gasteiger partial charge >= 0.3 is 0 Å². The number of pyridine rings is 1. The van der Waals surface area contributed by atoms with Gasteiger partial charge in [-0.1, -0.05) is 84.9 Å². The van der Waals surface area contributed by atoms with Crippen LogP contribution in [0.15, 0.2) is 152 Å². The van der Waals surface area contributed by atoms with Crippen molar-refractivity contribution in [3.63, 3.8) is 0 Å². The molecule has 202 valence electrons. The Balaban J connectivity index is 1.39. The van der Waals surface area contributed by atoms with Gasteiger partial charge in [0.15, 0.2) is 0 Å². The van der Waals surface area contributed by atoms with Gasteiger partial charge in [0, 0.05) is 39.4 Å². The van der Waals surface area contributed by atoms with E-state index >= 15 is 0 Å². The topological polar surface area (TPSA) is 38.5 Å². The van der Waals surface area contributed by atoms with Crippen molar-refractivity contribution >= 4 is 65.5 Å². The second kappa shape index (κ2) is 9.33. The smallest absolute Gasteiger partial charge is 0.145 e. The number of fused-ring (bicyclic) bond motifs is 7. The summed E-state index contributed by atoms with van der Waals surface area (Å²) >= 11 is 0. The van der Waals surface area contributed by atoms with Crippen LogP contribution >= 0.6 is 0 Å². The van der Waals surface area contributed by atoms with Gasteiger partial charge in [-0.2, -0.15) is 0 Å². The second-order valence-corrected chi connectivity index (χ2v) is 11.0. The lowest BCUT2D eigenvalue weighted by Crippen LogP contribution is -2.00. The first-order valence-corrected chi connectivity index (χ1v) is 14.6. The minimum absolute atomic E-state index is 0.958. The first-order valence-electron chi connectivity index (χ1n) is 14.6. The summed E-state index contributed by atoms with van der Waals surface area (Å²) in [6.45, 7) is 0. The molecule has 0 amide bonds. The summed E-state index contributed by atoms with van der Waals surface area (Å²) < 4.78 is 4.66. The Bertz CT molecular complexity index is 2530. The van der Waals surface area contributed by atoms with E-state index in [4.69, 9.17) is 4.98 Å². The molecule has 0 aliphatic carbocycles. The first kappa shape index (κ1) is 23.8. The summed E-state index contributed by atoms with van der Waals surface area (Å²) in [5, 5.41) is 7.03.